The fourth-order valence-electron chi connectivity index (χ4n) is 2.18. The summed E-state index contributed by atoms with van der Waals surface area (Å²) in [5.74, 6) is 2.52. The Balaban J connectivity index is 2.11. The molecular weight excluding hydrogens is 212 g/mol. The summed E-state index contributed by atoms with van der Waals surface area (Å²) >= 11 is 0. The normalized spacial score (nSPS) is 15.1. The van der Waals surface area contributed by atoms with Gasteiger partial charge in [-0.3, -0.25) is 4.98 Å². The molecule has 1 saturated carbocycles. The minimum absolute atomic E-state index is 0.614. The van der Waals surface area contributed by atoms with Crippen LogP contribution in [0.25, 0.3) is 11.3 Å². The van der Waals surface area contributed by atoms with E-state index in [9.17, 15) is 0 Å². The van der Waals surface area contributed by atoms with Crippen LogP contribution in [-0.4, -0.2) is 14.5 Å². The zero-order valence-corrected chi connectivity index (χ0v) is 9.93. The lowest BCUT2D eigenvalue weighted by Gasteiger charge is -2.05. The predicted octanol–water partition coefficient (Wildman–Crippen LogP) is 2.42. The first-order valence-electron chi connectivity index (χ1n) is 6.07. The number of hydrogen-bond donors (Lipinski definition) is 1. The molecule has 4 heteroatoms. The largest absolute Gasteiger partial charge is 0.383 e. The maximum Gasteiger partial charge on any atom is 0.131 e. The number of nitrogens with two attached hydrogens (primary N) is 1. The number of rotatable bonds is 3. The van der Waals surface area contributed by atoms with E-state index in [2.05, 4.69) is 16.5 Å². The second kappa shape index (κ2) is 3.87. The van der Waals surface area contributed by atoms with Gasteiger partial charge >= 0.3 is 0 Å². The second-order valence-corrected chi connectivity index (χ2v) is 4.46. The Labute approximate surface area is 101 Å². The number of pyridine rings is 1. The lowest BCUT2D eigenvalue weighted by molar-refractivity contribution is 0.708. The molecule has 0 bridgehead atoms. The molecule has 1 aliphatic rings. The maximum absolute atomic E-state index is 6.18. The predicted molar refractivity (Wildman–Crippen MR) is 67.5 cm³/mol. The first kappa shape index (κ1) is 10.3. The van der Waals surface area contributed by atoms with Crippen LogP contribution < -0.4 is 5.73 Å². The summed E-state index contributed by atoms with van der Waals surface area (Å²) in [5.41, 5.74) is 8.06. The highest BCUT2D eigenvalue weighted by Gasteiger charge is 2.30. The van der Waals surface area contributed by atoms with Gasteiger partial charge in [0.05, 0.1) is 0 Å². The molecule has 88 valence electrons. The van der Waals surface area contributed by atoms with Crippen LogP contribution in [0.3, 0.4) is 0 Å². The fourth-order valence-corrected chi connectivity index (χ4v) is 2.18. The van der Waals surface area contributed by atoms with Gasteiger partial charge in [0.15, 0.2) is 0 Å². The van der Waals surface area contributed by atoms with Gasteiger partial charge in [0.25, 0.3) is 0 Å². The van der Waals surface area contributed by atoms with Crippen LogP contribution in [0.2, 0.25) is 0 Å². The molecule has 17 heavy (non-hydrogen) atoms. The summed E-state index contributed by atoms with van der Waals surface area (Å²) in [4.78, 5) is 8.83. The van der Waals surface area contributed by atoms with Gasteiger partial charge in [-0.25, -0.2) is 4.98 Å². The molecule has 2 N–H and O–H groups in total. The van der Waals surface area contributed by atoms with Gasteiger partial charge in [0.2, 0.25) is 0 Å². The van der Waals surface area contributed by atoms with Crippen molar-refractivity contribution in [2.45, 2.75) is 32.2 Å². The van der Waals surface area contributed by atoms with Gasteiger partial charge in [-0.1, -0.05) is 0 Å². The minimum atomic E-state index is 0.614. The van der Waals surface area contributed by atoms with Crippen LogP contribution >= 0.6 is 0 Å². The molecule has 0 atom stereocenters. The first-order valence-corrected chi connectivity index (χ1v) is 6.07. The zero-order chi connectivity index (χ0) is 11.8. The lowest BCUT2D eigenvalue weighted by atomic mass is 10.2. The average molecular weight is 228 g/mol. The average Bonchev–Trinajstić information content (AvgIpc) is 3.15. The number of nitrogens with zero attached hydrogens (tertiary/aromatic N) is 3. The molecule has 1 fully saturated rings. The summed E-state index contributed by atoms with van der Waals surface area (Å²) in [6.45, 7) is 2.99. The Kier molecular flexibility index (Phi) is 2.35. The summed E-state index contributed by atoms with van der Waals surface area (Å²) in [5, 5.41) is 0. The molecule has 0 saturated heterocycles. The highest BCUT2D eigenvalue weighted by Crippen LogP contribution is 2.42. The molecule has 0 aliphatic heterocycles. The van der Waals surface area contributed by atoms with Crippen molar-refractivity contribution in [3.05, 3.63) is 30.4 Å². The van der Waals surface area contributed by atoms with Gasteiger partial charge in [-0.05, 0) is 31.9 Å². The molecule has 0 spiro atoms. The summed E-state index contributed by atoms with van der Waals surface area (Å²) in [6, 6.07) is 3.92. The fraction of sp³-hybridized carbons (Fsp3) is 0.385. The molecule has 2 heterocycles. The monoisotopic (exact) mass is 228 g/mol. The standard InChI is InChI=1S/C13H16N4/c1-2-17-12(14)11(10-4-3-7-15-8-10)16-13(17)9-5-6-9/h3-4,7-9H,2,5-6,14H2,1H3. The Morgan fingerprint density at radius 1 is 1.47 bits per heavy atom. The van der Waals surface area contributed by atoms with E-state index in [0.29, 0.717) is 5.92 Å². The van der Waals surface area contributed by atoms with E-state index in [4.69, 9.17) is 10.7 Å². The van der Waals surface area contributed by atoms with E-state index in [1.165, 1.54) is 12.8 Å². The summed E-state index contributed by atoms with van der Waals surface area (Å²) in [7, 11) is 0. The molecule has 0 radical (unpaired) electrons. The van der Waals surface area contributed by atoms with Crippen LogP contribution in [0.4, 0.5) is 5.82 Å². The van der Waals surface area contributed by atoms with Gasteiger partial charge in [-0.2, -0.15) is 0 Å². The number of aromatic nitrogens is 3. The van der Waals surface area contributed by atoms with Crippen molar-refractivity contribution in [2.75, 3.05) is 5.73 Å². The van der Waals surface area contributed by atoms with Crippen molar-refractivity contribution >= 4 is 5.82 Å². The number of nitrogen functional groups attached to an aromatic ring is 1. The third-order valence-electron chi connectivity index (χ3n) is 3.23. The maximum atomic E-state index is 6.18. The van der Waals surface area contributed by atoms with Crippen LogP contribution in [0.1, 0.15) is 31.5 Å². The van der Waals surface area contributed by atoms with Crippen LogP contribution in [0.5, 0.6) is 0 Å². The molecule has 0 unspecified atom stereocenters. The van der Waals surface area contributed by atoms with Crippen molar-refractivity contribution in [2.24, 2.45) is 0 Å². The van der Waals surface area contributed by atoms with Crippen molar-refractivity contribution in [1.82, 2.24) is 14.5 Å². The van der Waals surface area contributed by atoms with Crippen molar-refractivity contribution < 1.29 is 0 Å². The topological polar surface area (TPSA) is 56.7 Å². The quantitative estimate of drug-likeness (QED) is 0.877. The molecule has 4 nitrogen and oxygen atoms in total. The van der Waals surface area contributed by atoms with E-state index >= 15 is 0 Å². The van der Waals surface area contributed by atoms with Gasteiger partial charge in [-0.15, -0.1) is 0 Å². The van der Waals surface area contributed by atoms with Crippen molar-refractivity contribution in [3.8, 4) is 11.3 Å². The van der Waals surface area contributed by atoms with Crippen LogP contribution in [0, 0.1) is 0 Å². The van der Waals surface area contributed by atoms with Crippen LogP contribution in [-0.2, 0) is 6.54 Å². The van der Waals surface area contributed by atoms with Gasteiger partial charge in [0.1, 0.15) is 17.3 Å². The second-order valence-electron chi connectivity index (χ2n) is 4.46. The zero-order valence-electron chi connectivity index (χ0n) is 9.93. The molecule has 0 amide bonds. The Morgan fingerprint density at radius 3 is 2.88 bits per heavy atom. The van der Waals surface area contributed by atoms with Crippen LogP contribution in [0.15, 0.2) is 24.5 Å². The van der Waals surface area contributed by atoms with Crippen molar-refractivity contribution in [1.29, 1.82) is 0 Å². The Morgan fingerprint density at radius 2 is 2.29 bits per heavy atom. The summed E-state index contributed by atoms with van der Waals surface area (Å²) < 4.78 is 2.12. The molecule has 1 aliphatic carbocycles. The Bertz CT molecular complexity index is 526. The van der Waals surface area contributed by atoms with E-state index < -0.39 is 0 Å². The molecule has 3 rings (SSSR count). The molecule has 2 aromatic rings. The van der Waals surface area contributed by atoms with E-state index in [-0.39, 0.29) is 0 Å². The summed E-state index contributed by atoms with van der Waals surface area (Å²) in [6.07, 6.45) is 6.06. The number of imidazole rings is 1. The third-order valence-corrected chi connectivity index (χ3v) is 3.23. The number of anilines is 1. The Hall–Kier alpha value is -1.84. The molecule has 0 aromatic carbocycles. The van der Waals surface area contributed by atoms with Gasteiger partial charge in [0, 0.05) is 30.4 Å². The SMILES string of the molecule is CCn1c(C2CC2)nc(-c2cccnc2)c1N. The first-order chi connectivity index (χ1) is 8.31. The number of hydrogen-bond acceptors (Lipinski definition) is 3. The lowest BCUT2D eigenvalue weighted by Crippen LogP contribution is -2.04. The molecular formula is C13H16N4. The highest BCUT2D eigenvalue weighted by molar-refractivity contribution is 5.70. The van der Waals surface area contributed by atoms with Crippen molar-refractivity contribution in [3.63, 3.8) is 0 Å². The van der Waals surface area contributed by atoms with Gasteiger partial charge < -0.3 is 10.3 Å². The third kappa shape index (κ3) is 1.69. The molecule has 2 aromatic heterocycles. The van der Waals surface area contributed by atoms with E-state index in [0.717, 1.165) is 29.4 Å². The highest BCUT2D eigenvalue weighted by atomic mass is 15.1. The van der Waals surface area contributed by atoms with E-state index in [1.807, 2.05) is 18.3 Å². The van der Waals surface area contributed by atoms with E-state index in [1.54, 1.807) is 6.20 Å². The minimum Gasteiger partial charge on any atom is -0.383 e. The smallest absolute Gasteiger partial charge is 0.131 e.